The van der Waals surface area contributed by atoms with Gasteiger partial charge in [0.15, 0.2) is 5.69 Å². The van der Waals surface area contributed by atoms with Crippen LogP contribution >= 0.6 is 0 Å². The van der Waals surface area contributed by atoms with Gasteiger partial charge in [0.2, 0.25) is 0 Å². The molecule has 0 aliphatic rings. The maximum absolute atomic E-state index is 8.86. The van der Waals surface area contributed by atoms with Crippen LogP contribution in [0, 0.1) is 11.3 Å². The Morgan fingerprint density at radius 3 is 2.78 bits per heavy atom. The summed E-state index contributed by atoms with van der Waals surface area (Å²) in [6, 6.07) is 12.8. The van der Waals surface area contributed by atoms with Crippen molar-refractivity contribution < 1.29 is 4.74 Å². The number of anilines is 3. The van der Waals surface area contributed by atoms with E-state index in [-0.39, 0.29) is 5.69 Å². The Morgan fingerprint density at radius 1 is 1.28 bits per heavy atom. The second kappa shape index (κ2) is 5.06. The van der Waals surface area contributed by atoms with E-state index in [9.17, 15) is 0 Å². The average Bonchev–Trinajstić information content (AvgIpc) is 2.41. The molecule has 2 rings (SSSR count). The molecule has 90 valence electrons. The van der Waals surface area contributed by atoms with E-state index in [1.54, 1.807) is 19.2 Å². The SMILES string of the molecule is COc1ccccc1Nc1ccc(N)c(C#N)n1. The van der Waals surface area contributed by atoms with Crippen molar-refractivity contribution in [1.82, 2.24) is 4.98 Å². The molecular formula is C13H12N4O. The maximum Gasteiger partial charge on any atom is 0.165 e. The number of methoxy groups -OCH3 is 1. The Balaban J connectivity index is 2.32. The summed E-state index contributed by atoms with van der Waals surface area (Å²) < 4.78 is 5.22. The highest BCUT2D eigenvalue weighted by atomic mass is 16.5. The van der Waals surface area contributed by atoms with Crippen LogP contribution in [-0.2, 0) is 0 Å². The zero-order valence-electron chi connectivity index (χ0n) is 9.84. The number of nitrogens with zero attached hydrogens (tertiary/aromatic N) is 2. The van der Waals surface area contributed by atoms with Crippen LogP contribution in [0.15, 0.2) is 36.4 Å². The molecule has 0 aliphatic heterocycles. The Morgan fingerprint density at radius 2 is 2.06 bits per heavy atom. The van der Waals surface area contributed by atoms with Gasteiger partial charge in [-0.2, -0.15) is 5.26 Å². The van der Waals surface area contributed by atoms with Gasteiger partial charge < -0.3 is 15.8 Å². The maximum atomic E-state index is 8.86. The molecule has 1 heterocycles. The first-order chi connectivity index (χ1) is 8.74. The number of aromatic nitrogens is 1. The van der Waals surface area contributed by atoms with Gasteiger partial charge in [0.05, 0.1) is 18.5 Å². The number of nitriles is 1. The first-order valence-corrected chi connectivity index (χ1v) is 5.31. The summed E-state index contributed by atoms with van der Waals surface area (Å²) in [4.78, 5) is 4.11. The monoisotopic (exact) mass is 240 g/mol. The van der Waals surface area contributed by atoms with E-state index in [0.29, 0.717) is 17.3 Å². The molecule has 18 heavy (non-hydrogen) atoms. The summed E-state index contributed by atoms with van der Waals surface area (Å²) in [5, 5.41) is 11.9. The molecule has 0 saturated heterocycles. The number of para-hydroxylation sites is 2. The van der Waals surface area contributed by atoms with Gasteiger partial charge in [-0.05, 0) is 24.3 Å². The Labute approximate surface area is 105 Å². The highest BCUT2D eigenvalue weighted by Gasteiger charge is 2.05. The highest BCUT2D eigenvalue weighted by Crippen LogP contribution is 2.26. The lowest BCUT2D eigenvalue weighted by Crippen LogP contribution is -2.00. The number of rotatable bonds is 3. The molecular weight excluding hydrogens is 228 g/mol. The number of hydrogen-bond acceptors (Lipinski definition) is 5. The molecule has 0 unspecified atom stereocenters. The third kappa shape index (κ3) is 2.33. The molecule has 0 atom stereocenters. The van der Waals surface area contributed by atoms with Crippen molar-refractivity contribution >= 4 is 17.2 Å². The lowest BCUT2D eigenvalue weighted by molar-refractivity contribution is 0.417. The molecule has 1 aromatic carbocycles. The van der Waals surface area contributed by atoms with E-state index in [2.05, 4.69) is 10.3 Å². The van der Waals surface area contributed by atoms with Crippen molar-refractivity contribution in [3.05, 3.63) is 42.1 Å². The number of nitrogens with one attached hydrogen (secondary N) is 1. The van der Waals surface area contributed by atoms with Crippen LogP contribution in [0.3, 0.4) is 0 Å². The van der Waals surface area contributed by atoms with Gasteiger partial charge in [0.25, 0.3) is 0 Å². The predicted octanol–water partition coefficient (Wildman–Crippen LogP) is 2.29. The highest BCUT2D eigenvalue weighted by molar-refractivity contribution is 5.66. The number of nitrogens with two attached hydrogens (primary N) is 1. The fourth-order valence-corrected chi connectivity index (χ4v) is 1.51. The summed E-state index contributed by atoms with van der Waals surface area (Å²) in [7, 11) is 1.59. The van der Waals surface area contributed by atoms with Crippen molar-refractivity contribution in [1.29, 1.82) is 5.26 Å². The van der Waals surface area contributed by atoms with Crippen molar-refractivity contribution in [3.8, 4) is 11.8 Å². The number of benzene rings is 1. The van der Waals surface area contributed by atoms with Gasteiger partial charge in [0.1, 0.15) is 17.6 Å². The lowest BCUT2D eigenvalue weighted by atomic mass is 10.2. The van der Waals surface area contributed by atoms with Crippen molar-refractivity contribution in [3.63, 3.8) is 0 Å². The van der Waals surface area contributed by atoms with Gasteiger partial charge >= 0.3 is 0 Å². The largest absolute Gasteiger partial charge is 0.495 e. The molecule has 0 aliphatic carbocycles. The standard InChI is InChI=1S/C13H12N4O/c1-18-12-5-3-2-4-10(12)16-13-7-6-9(15)11(8-14)17-13/h2-7H,15H2,1H3,(H,16,17). The molecule has 5 nitrogen and oxygen atoms in total. The lowest BCUT2D eigenvalue weighted by Gasteiger charge is -2.10. The first-order valence-electron chi connectivity index (χ1n) is 5.31. The minimum absolute atomic E-state index is 0.204. The minimum Gasteiger partial charge on any atom is -0.495 e. The number of pyridine rings is 1. The predicted molar refractivity (Wildman–Crippen MR) is 69.6 cm³/mol. The van der Waals surface area contributed by atoms with Gasteiger partial charge in [-0.15, -0.1) is 0 Å². The van der Waals surface area contributed by atoms with E-state index < -0.39 is 0 Å². The molecule has 0 amide bonds. The normalized spacial score (nSPS) is 9.56. The summed E-state index contributed by atoms with van der Waals surface area (Å²) in [6.07, 6.45) is 0. The van der Waals surface area contributed by atoms with Crippen LogP contribution in [0.2, 0.25) is 0 Å². The summed E-state index contributed by atoms with van der Waals surface area (Å²) in [6.45, 7) is 0. The average molecular weight is 240 g/mol. The molecule has 5 heteroatoms. The van der Waals surface area contributed by atoms with Crippen molar-refractivity contribution in [2.24, 2.45) is 0 Å². The number of nitrogen functional groups attached to an aromatic ring is 1. The Bertz CT molecular complexity index is 604. The van der Waals surface area contributed by atoms with Crippen molar-refractivity contribution in [2.45, 2.75) is 0 Å². The van der Waals surface area contributed by atoms with Crippen LogP contribution in [-0.4, -0.2) is 12.1 Å². The number of ether oxygens (including phenoxy) is 1. The van der Waals surface area contributed by atoms with Gasteiger partial charge in [-0.3, -0.25) is 0 Å². The summed E-state index contributed by atoms with van der Waals surface area (Å²) >= 11 is 0. The fraction of sp³-hybridized carbons (Fsp3) is 0.0769. The summed E-state index contributed by atoms with van der Waals surface area (Å²) in [5.74, 6) is 1.25. The second-order valence-corrected chi connectivity index (χ2v) is 3.57. The van der Waals surface area contributed by atoms with Gasteiger partial charge in [0, 0.05) is 0 Å². The zero-order chi connectivity index (χ0) is 13.0. The Kier molecular flexibility index (Phi) is 3.30. The third-order valence-electron chi connectivity index (χ3n) is 2.40. The van der Waals surface area contributed by atoms with Crippen LogP contribution in [0.1, 0.15) is 5.69 Å². The summed E-state index contributed by atoms with van der Waals surface area (Å²) in [5.41, 5.74) is 6.96. The van der Waals surface area contributed by atoms with E-state index >= 15 is 0 Å². The van der Waals surface area contributed by atoms with Crippen LogP contribution < -0.4 is 15.8 Å². The number of hydrogen-bond donors (Lipinski definition) is 2. The second-order valence-electron chi connectivity index (χ2n) is 3.57. The fourth-order valence-electron chi connectivity index (χ4n) is 1.51. The molecule has 0 fully saturated rings. The van der Waals surface area contributed by atoms with Gasteiger partial charge in [-0.1, -0.05) is 12.1 Å². The zero-order valence-corrected chi connectivity index (χ0v) is 9.84. The van der Waals surface area contributed by atoms with Crippen LogP contribution in [0.25, 0.3) is 0 Å². The quantitative estimate of drug-likeness (QED) is 0.859. The van der Waals surface area contributed by atoms with Crippen LogP contribution in [0.4, 0.5) is 17.2 Å². The Hall–Kier alpha value is -2.74. The molecule has 0 radical (unpaired) electrons. The van der Waals surface area contributed by atoms with Gasteiger partial charge in [-0.25, -0.2) is 4.98 Å². The molecule has 0 bridgehead atoms. The molecule has 0 saturated carbocycles. The molecule has 2 aromatic rings. The van der Waals surface area contributed by atoms with E-state index in [0.717, 1.165) is 5.69 Å². The van der Waals surface area contributed by atoms with Crippen LogP contribution in [0.5, 0.6) is 5.75 Å². The van der Waals surface area contributed by atoms with E-state index in [4.69, 9.17) is 15.7 Å². The van der Waals surface area contributed by atoms with E-state index in [1.165, 1.54) is 0 Å². The molecule has 0 spiro atoms. The molecule has 3 N–H and O–H groups in total. The topological polar surface area (TPSA) is 84.0 Å². The van der Waals surface area contributed by atoms with Crippen molar-refractivity contribution in [2.75, 3.05) is 18.2 Å². The smallest absolute Gasteiger partial charge is 0.165 e. The minimum atomic E-state index is 0.204. The molecule has 1 aromatic heterocycles. The van der Waals surface area contributed by atoms with E-state index in [1.807, 2.05) is 30.3 Å². The third-order valence-corrected chi connectivity index (χ3v) is 2.40. The first kappa shape index (κ1) is 11.7.